The van der Waals surface area contributed by atoms with E-state index < -0.39 is 0 Å². The van der Waals surface area contributed by atoms with Crippen molar-refractivity contribution >= 4 is 11.7 Å². The molecule has 0 saturated carbocycles. The van der Waals surface area contributed by atoms with Crippen molar-refractivity contribution in [3.8, 4) is 16.9 Å². The van der Waals surface area contributed by atoms with Crippen molar-refractivity contribution in [3.63, 3.8) is 0 Å². The summed E-state index contributed by atoms with van der Waals surface area (Å²) in [6, 6.07) is 23.5. The SMILES string of the molecule is COc1cc(C)ccc1C1=CC2CCC(C1)N2C(=O)OCC1c2ccccc2-c2ccccc21. The molecule has 1 aliphatic carbocycles. The molecule has 34 heavy (non-hydrogen) atoms. The van der Waals surface area contributed by atoms with Gasteiger partial charge in [0.25, 0.3) is 0 Å². The van der Waals surface area contributed by atoms with Crippen LogP contribution < -0.4 is 4.74 Å². The zero-order valence-corrected chi connectivity index (χ0v) is 19.7. The number of methoxy groups -OCH3 is 1. The lowest BCUT2D eigenvalue weighted by atomic mass is 9.93. The van der Waals surface area contributed by atoms with Crippen LogP contribution in [0.3, 0.4) is 0 Å². The van der Waals surface area contributed by atoms with Gasteiger partial charge in [0.2, 0.25) is 0 Å². The molecule has 2 aliphatic heterocycles. The van der Waals surface area contributed by atoms with E-state index in [4.69, 9.17) is 9.47 Å². The van der Waals surface area contributed by atoms with Gasteiger partial charge in [-0.05, 0) is 65.6 Å². The Bertz CT molecular complexity index is 1250. The van der Waals surface area contributed by atoms with E-state index in [0.29, 0.717) is 6.61 Å². The van der Waals surface area contributed by atoms with E-state index >= 15 is 0 Å². The van der Waals surface area contributed by atoms with Crippen molar-refractivity contribution in [1.82, 2.24) is 4.90 Å². The van der Waals surface area contributed by atoms with Gasteiger partial charge < -0.3 is 9.47 Å². The Morgan fingerprint density at radius 2 is 1.65 bits per heavy atom. The number of carbonyl (C=O) groups excluding carboxylic acids is 1. The molecule has 4 nitrogen and oxygen atoms in total. The maximum atomic E-state index is 13.3. The standard InChI is InChI=1S/C30H29NO3/c1-19-11-14-23(29(15-19)33-2)20-16-21-12-13-22(17-20)31(21)30(32)34-18-28-26-9-5-3-7-24(26)25-8-4-6-10-27(25)28/h3-11,14-16,21-22,28H,12-13,17-18H2,1-2H3. The molecule has 172 valence electrons. The van der Waals surface area contributed by atoms with E-state index in [-0.39, 0.29) is 24.1 Å². The summed E-state index contributed by atoms with van der Waals surface area (Å²) in [4.78, 5) is 15.3. The molecule has 2 bridgehead atoms. The Hall–Kier alpha value is -3.53. The van der Waals surface area contributed by atoms with Gasteiger partial charge in [-0.3, -0.25) is 4.90 Å². The van der Waals surface area contributed by atoms with Crippen LogP contribution in [0.4, 0.5) is 4.79 Å². The molecule has 0 aromatic heterocycles. The van der Waals surface area contributed by atoms with Gasteiger partial charge in [0, 0.05) is 17.5 Å². The topological polar surface area (TPSA) is 38.8 Å². The number of amides is 1. The number of benzene rings is 3. The van der Waals surface area contributed by atoms with Crippen LogP contribution in [0.2, 0.25) is 0 Å². The van der Waals surface area contributed by atoms with Gasteiger partial charge in [0.15, 0.2) is 0 Å². The minimum Gasteiger partial charge on any atom is -0.496 e. The first-order chi connectivity index (χ1) is 16.6. The van der Waals surface area contributed by atoms with Gasteiger partial charge >= 0.3 is 6.09 Å². The largest absolute Gasteiger partial charge is 0.496 e. The minimum absolute atomic E-state index is 0.0791. The van der Waals surface area contributed by atoms with E-state index in [1.807, 2.05) is 4.90 Å². The van der Waals surface area contributed by atoms with Crippen LogP contribution in [0.25, 0.3) is 16.7 Å². The molecular weight excluding hydrogens is 422 g/mol. The van der Waals surface area contributed by atoms with Crippen molar-refractivity contribution in [1.29, 1.82) is 0 Å². The number of ether oxygens (including phenoxy) is 2. The highest BCUT2D eigenvalue weighted by molar-refractivity contribution is 5.80. The van der Waals surface area contributed by atoms with Gasteiger partial charge in [-0.2, -0.15) is 0 Å². The molecule has 2 atom stereocenters. The molecule has 3 aromatic carbocycles. The molecule has 1 fully saturated rings. The smallest absolute Gasteiger partial charge is 0.410 e. The third kappa shape index (κ3) is 3.40. The van der Waals surface area contributed by atoms with Crippen molar-refractivity contribution in [2.75, 3.05) is 13.7 Å². The van der Waals surface area contributed by atoms with Crippen LogP contribution in [0.5, 0.6) is 5.75 Å². The fraction of sp³-hybridized carbons (Fsp3) is 0.300. The highest BCUT2D eigenvalue weighted by atomic mass is 16.6. The lowest BCUT2D eigenvalue weighted by Gasteiger charge is -2.34. The number of carbonyl (C=O) groups is 1. The summed E-state index contributed by atoms with van der Waals surface area (Å²) in [6.07, 6.45) is 4.87. The zero-order valence-electron chi connectivity index (χ0n) is 19.7. The van der Waals surface area contributed by atoms with Crippen LogP contribution in [0.1, 0.15) is 47.4 Å². The predicted molar refractivity (Wildman–Crippen MR) is 134 cm³/mol. The lowest BCUT2D eigenvalue weighted by molar-refractivity contribution is 0.0866. The van der Waals surface area contributed by atoms with E-state index in [1.54, 1.807) is 7.11 Å². The average molecular weight is 452 g/mol. The van der Waals surface area contributed by atoms with Crippen molar-refractivity contribution in [2.45, 2.75) is 44.2 Å². The van der Waals surface area contributed by atoms with Gasteiger partial charge in [0.1, 0.15) is 12.4 Å². The van der Waals surface area contributed by atoms with E-state index in [0.717, 1.165) is 30.6 Å². The summed E-state index contributed by atoms with van der Waals surface area (Å²) in [6.45, 7) is 2.44. The molecule has 2 heterocycles. The number of aryl methyl sites for hydroxylation is 1. The molecule has 6 rings (SSSR count). The summed E-state index contributed by atoms with van der Waals surface area (Å²) in [5, 5.41) is 0. The van der Waals surface area contributed by atoms with Gasteiger partial charge in [-0.25, -0.2) is 4.79 Å². The minimum atomic E-state index is -0.194. The van der Waals surface area contributed by atoms with Gasteiger partial charge in [0.05, 0.1) is 13.2 Å². The van der Waals surface area contributed by atoms with Gasteiger partial charge in [-0.1, -0.05) is 66.7 Å². The van der Waals surface area contributed by atoms with Crippen LogP contribution >= 0.6 is 0 Å². The fourth-order valence-corrected chi connectivity index (χ4v) is 6.05. The summed E-state index contributed by atoms with van der Waals surface area (Å²) >= 11 is 0. The first-order valence-corrected chi connectivity index (χ1v) is 12.1. The van der Waals surface area contributed by atoms with Gasteiger partial charge in [-0.15, -0.1) is 0 Å². The highest BCUT2D eigenvalue weighted by Crippen LogP contribution is 2.45. The number of rotatable bonds is 4. The Kier molecular flexibility index (Phi) is 5.17. The second-order valence-electron chi connectivity index (χ2n) is 9.61. The molecule has 3 aromatic rings. The second kappa shape index (κ2) is 8.35. The van der Waals surface area contributed by atoms with E-state index in [2.05, 4.69) is 79.7 Å². The summed E-state index contributed by atoms with van der Waals surface area (Å²) < 4.78 is 11.6. The van der Waals surface area contributed by atoms with Crippen LogP contribution in [-0.4, -0.2) is 36.8 Å². The predicted octanol–water partition coefficient (Wildman–Crippen LogP) is 6.57. The molecule has 2 unspecified atom stereocenters. The third-order valence-electron chi connectivity index (χ3n) is 7.65. The Morgan fingerprint density at radius 1 is 0.941 bits per heavy atom. The molecule has 1 saturated heterocycles. The molecule has 0 radical (unpaired) electrons. The summed E-state index contributed by atoms with van der Waals surface area (Å²) in [5.74, 6) is 0.988. The first-order valence-electron chi connectivity index (χ1n) is 12.1. The fourth-order valence-electron chi connectivity index (χ4n) is 6.05. The van der Waals surface area contributed by atoms with E-state index in [9.17, 15) is 4.79 Å². The third-order valence-corrected chi connectivity index (χ3v) is 7.65. The lowest BCUT2D eigenvalue weighted by Crippen LogP contribution is -2.43. The number of nitrogens with zero attached hydrogens (tertiary/aromatic N) is 1. The molecule has 1 amide bonds. The van der Waals surface area contributed by atoms with Crippen LogP contribution in [0.15, 0.2) is 72.8 Å². The van der Waals surface area contributed by atoms with E-state index in [1.165, 1.54) is 33.4 Å². The van der Waals surface area contributed by atoms with Crippen molar-refractivity contribution in [3.05, 3.63) is 95.1 Å². The quantitative estimate of drug-likeness (QED) is 0.450. The number of hydrogen-bond donors (Lipinski definition) is 0. The average Bonchev–Trinajstić information content (AvgIpc) is 3.33. The number of hydrogen-bond acceptors (Lipinski definition) is 3. The molecule has 3 aliphatic rings. The normalized spacial score (nSPS) is 20.5. The second-order valence-corrected chi connectivity index (χ2v) is 9.61. The van der Waals surface area contributed by atoms with Crippen molar-refractivity contribution in [2.24, 2.45) is 0 Å². The summed E-state index contributed by atoms with van der Waals surface area (Å²) in [7, 11) is 1.72. The molecule has 4 heteroatoms. The molecular formula is C30H29NO3. The van der Waals surface area contributed by atoms with Crippen LogP contribution in [0, 0.1) is 6.92 Å². The molecule has 0 spiro atoms. The maximum Gasteiger partial charge on any atom is 0.410 e. The van der Waals surface area contributed by atoms with Crippen LogP contribution in [-0.2, 0) is 4.74 Å². The zero-order chi connectivity index (χ0) is 23.2. The molecule has 0 N–H and O–H groups in total. The van der Waals surface area contributed by atoms with Crippen molar-refractivity contribution < 1.29 is 14.3 Å². The first kappa shape index (κ1) is 21.0. The Balaban J connectivity index is 1.21. The number of fused-ring (bicyclic) bond motifs is 5. The highest BCUT2D eigenvalue weighted by Gasteiger charge is 2.41. The maximum absolute atomic E-state index is 13.3. The Labute approximate surface area is 200 Å². The Morgan fingerprint density at radius 3 is 2.32 bits per heavy atom. The summed E-state index contributed by atoms with van der Waals surface area (Å²) in [5.41, 5.74) is 8.57. The monoisotopic (exact) mass is 451 g/mol.